The standard InChI is InChI=1S/C10H15BN2O2/c14-11(15)10-3-5-13-7-9(10)8-2-1-4-12-6-8/h3,5,7-8,12,14-15H,1-2,4,6H2. The zero-order chi connectivity index (χ0) is 10.7. The molecule has 0 aliphatic carbocycles. The molecule has 2 heterocycles. The largest absolute Gasteiger partial charge is 0.488 e. The van der Waals surface area contributed by atoms with Crippen LogP contribution in [-0.2, 0) is 0 Å². The number of hydrogen-bond donors (Lipinski definition) is 3. The van der Waals surface area contributed by atoms with Gasteiger partial charge in [-0.3, -0.25) is 4.98 Å². The topological polar surface area (TPSA) is 65.4 Å². The van der Waals surface area contributed by atoms with Crippen molar-refractivity contribution in [2.24, 2.45) is 0 Å². The van der Waals surface area contributed by atoms with E-state index in [0.29, 0.717) is 11.4 Å². The van der Waals surface area contributed by atoms with Crippen molar-refractivity contribution in [1.82, 2.24) is 10.3 Å². The highest BCUT2D eigenvalue weighted by atomic mass is 16.4. The third-order valence-corrected chi connectivity index (χ3v) is 2.90. The first-order valence-electron chi connectivity index (χ1n) is 5.29. The van der Waals surface area contributed by atoms with Crippen molar-refractivity contribution in [1.29, 1.82) is 0 Å². The van der Waals surface area contributed by atoms with E-state index < -0.39 is 7.12 Å². The minimum Gasteiger partial charge on any atom is -0.423 e. The zero-order valence-corrected chi connectivity index (χ0v) is 8.56. The lowest BCUT2D eigenvalue weighted by atomic mass is 9.73. The Morgan fingerprint density at radius 1 is 1.47 bits per heavy atom. The van der Waals surface area contributed by atoms with Crippen molar-refractivity contribution >= 4 is 12.6 Å². The Bertz CT molecular complexity index is 327. The van der Waals surface area contributed by atoms with Gasteiger partial charge in [-0.1, -0.05) is 0 Å². The van der Waals surface area contributed by atoms with Crippen molar-refractivity contribution in [3.63, 3.8) is 0 Å². The molecule has 1 atom stereocenters. The fourth-order valence-corrected chi connectivity index (χ4v) is 2.11. The van der Waals surface area contributed by atoms with Gasteiger partial charge >= 0.3 is 7.12 Å². The van der Waals surface area contributed by atoms with E-state index in [1.54, 1.807) is 18.5 Å². The maximum absolute atomic E-state index is 9.24. The quantitative estimate of drug-likeness (QED) is 0.556. The Hall–Kier alpha value is -0.905. The maximum atomic E-state index is 9.24. The van der Waals surface area contributed by atoms with E-state index in [0.717, 1.165) is 31.5 Å². The van der Waals surface area contributed by atoms with Gasteiger partial charge in [0.15, 0.2) is 0 Å². The molecule has 0 radical (unpaired) electrons. The molecule has 80 valence electrons. The molecule has 15 heavy (non-hydrogen) atoms. The van der Waals surface area contributed by atoms with E-state index in [1.807, 2.05) is 0 Å². The lowest BCUT2D eigenvalue weighted by molar-refractivity contribution is 0.422. The summed E-state index contributed by atoms with van der Waals surface area (Å²) in [6.07, 6.45) is 5.54. The monoisotopic (exact) mass is 206 g/mol. The fourth-order valence-electron chi connectivity index (χ4n) is 2.11. The van der Waals surface area contributed by atoms with Crippen LogP contribution in [-0.4, -0.2) is 35.2 Å². The van der Waals surface area contributed by atoms with Gasteiger partial charge in [-0.25, -0.2) is 0 Å². The molecule has 4 nitrogen and oxygen atoms in total. The molecule has 1 aromatic rings. The van der Waals surface area contributed by atoms with E-state index >= 15 is 0 Å². The third kappa shape index (κ3) is 2.37. The van der Waals surface area contributed by atoms with Gasteiger partial charge in [0.05, 0.1) is 0 Å². The third-order valence-electron chi connectivity index (χ3n) is 2.90. The number of aromatic nitrogens is 1. The lowest BCUT2D eigenvalue weighted by Gasteiger charge is -2.24. The van der Waals surface area contributed by atoms with Gasteiger partial charge in [0.1, 0.15) is 0 Å². The van der Waals surface area contributed by atoms with Gasteiger partial charge in [-0.05, 0) is 42.4 Å². The van der Waals surface area contributed by atoms with Crippen LogP contribution in [0.5, 0.6) is 0 Å². The summed E-state index contributed by atoms with van der Waals surface area (Å²) in [6, 6.07) is 1.68. The molecule has 1 fully saturated rings. The van der Waals surface area contributed by atoms with E-state index in [9.17, 15) is 10.0 Å². The second kappa shape index (κ2) is 4.74. The number of pyridine rings is 1. The molecule has 2 rings (SSSR count). The van der Waals surface area contributed by atoms with Crippen LogP contribution in [0, 0.1) is 0 Å². The molecule has 0 amide bonds. The number of nitrogens with zero attached hydrogens (tertiary/aromatic N) is 1. The summed E-state index contributed by atoms with van der Waals surface area (Å²) >= 11 is 0. The van der Waals surface area contributed by atoms with Crippen LogP contribution in [0.15, 0.2) is 18.5 Å². The molecule has 0 spiro atoms. The highest BCUT2D eigenvalue weighted by Crippen LogP contribution is 2.20. The SMILES string of the molecule is OB(O)c1ccncc1C1CCCNC1. The minimum atomic E-state index is -1.40. The van der Waals surface area contributed by atoms with Crippen LogP contribution in [0.2, 0.25) is 0 Å². The van der Waals surface area contributed by atoms with Crippen LogP contribution < -0.4 is 10.8 Å². The average molecular weight is 206 g/mol. The molecule has 1 unspecified atom stereocenters. The first kappa shape index (κ1) is 10.6. The zero-order valence-electron chi connectivity index (χ0n) is 8.56. The summed E-state index contributed by atoms with van der Waals surface area (Å²) in [5.41, 5.74) is 1.54. The molecule has 0 aromatic carbocycles. The summed E-state index contributed by atoms with van der Waals surface area (Å²) in [6.45, 7) is 1.94. The van der Waals surface area contributed by atoms with Crippen molar-refractivity contribution < 1.29 is 10.0 Å². The van der Waals surface area contributed by atoms with E-state index in [4.69, 9.17) is 0 Å². The van der Waals surface area contributed by atoms with Gasteiger partial charge < -0.3 is 15.4 Å². The normalized spacial score (nSPS) is 21.3. The fraction of sp³-hybridized carbons (Fsp3) is 0.500. The molecule has 1 saturated heterocycles. The van der Waals surface area contributed by atoms with Crippen LogP contribution in [0.25, 0.3) is 0 Å². The van der Waals surface area contributed by atoms with Crippen molar-refractivity contribution in [3.05, 3.63) is 24.0 Å². The predicted molar refractivity (Wildman–Crippen MR) is 58.9 cm³/mol. The van der Waals surface area contributed by atoms with Crippen LogP contribution >= 0.6 is 0 Å². The van der Waals surface area contributed by atoms with E-state index in [1.165, 1.54) is 0 Å². The molecular formula is C10H15BN2O2. The first-order chi connectivity index (χ1) is 7.29. The van der Waals surface area contributed by atoms with Crippen LogP contribution in [0.4, 0.5) is 0 Å². The second-order valence-corrected chi connectivity index (χ2v) is 3.92. The second-order valence-electron chi connectivity index (χ2n) is 3.92. The summed E-state index contributed by atoms with van der Waals surface area (Å²) in [5.74, 6) is 0.351. The van der Waals surface area contributed by atoms with Gasteiger partial charge in [-0.2, -0.15) is 0 Å². The molecule has 5 heteroatoms. The smallest absolute Gasteiger partial charge is 0.423 e. The molecule has 0 bridgehead atoms. The highest BCUT2D eigenvalue weighted by Gasteiger charge is 2.23. The Kier molecular flexibility index (Phi) is 3.35. The maximum Gasteiger partial charge on any atom is 0.488 e. The number of piperidine rings is 1. The number of nitrogens with one attached hydrogen (secondary N) is 1. The van der Waals surface area contributed by atoms with Gasteiger partial charge in [-0.15, -0.1) is 0 Å². The average Bonchev–Trinajstić information content (AvgIpc) is 2.30. The van der Waals surface area contributed by atoms with Crippen molar-refractivity contribution in [2.45, 2.75) is 18.8 Å². The minimum absolute atomic E-state index is 0.351. The summed E-state index contributed by atoms with van der Waals surface area (Å²) < 4.78 is 0. The summed E-state index contributed by atoms with van der Waals surface area (Å²) in [7, 11) is -1.40. The van der Waals surface area contributed by atoms with E-state index in [-0.39, 0.29) is 0 Å². The Balaban J connectivity index is 2.25. The Morgan fingerprint density at radius 2 is 2.33 bits per heavy atom. The first-order valence-corrected chi connectivity index (χ1v) is 5.29. The summed E-state index contributed by atoms with van der Waals surface area (Å²) in [4.78, 5) is 4.05. The number of hydrogen-bond acceptors (Lipinski definition) is 4. The molecule has 3 N–H and O–H groups in total. The van der Waals surface area contributed by atoms with Gasteiger partial charge in [0.2, 0.25) is 0 Å². The summed E-state index contributed by atoms with van der Waals surface area (Å²) in [5, 5.41) is 21.8. The van der Waals surface area contributed by atoms with Gasteiger partial charge in [0.25, 0.3) is 0 Å². The lowest BCUT2D eigenvalue weighted by Crippen LogP contribution is -2.38. The predicted octanol–water partition coefficient (Wildman–Crippen LogP) is -0.772. The molecule has 1 aliphatic heterocycles. The molecule has 1 aromatic heterocycles. The number of rotatable bonds is 2. The van der Waals surface area contributed by atoms with Crippen LogP contribution in [0.1, 0.15) is 24.3 Å². The van der Waals surface area contributed by atoms with Crippen molar-refractivity contribution in [3.8, 4) is 0 Å². The Labute approximate surface area is 89.5 Å². The highest BCUT2D eigenvalue weighted by molar-refractivity contribution is 6.59. The Morgan fingerprint density at radius 3 is 3.00 bits per heavy atom. The molecule has 0 saturated carbocycles. The van der Waals surface area contributed by atoms with E-state index in [2.05, 4.69) is 10.3 Å². The molecular weight excluding hydrogens is 191 g/mol. The van der Waals surface area contributed by atoms with Crippen molar-refractivity contribution in [2.75, 3.05) is 13.1 Å². The van der Waals surface area contributed by atoms with Crippen LogP contribution in [0.3, 0.4) is 0 Å². The van der Waals surface area contributed by atoms with Gasteiger partial charge in [0, 0.05) is 18.9 Å². The molecule has 1 aliphatic rings.